The van der Waals surface area contributed by atoms with E-state index in [0.29, 0.717) is 41.7 Å². The summed E-state index contributed by atoms with van der Waals surface area (Å²) in [5, 5.41) is 3.07. The lowest BCUT2D eigenvalue weighted by molar-refractivity contribution is -0.118. The molecule has 1 heterocycles. The van der Waals surface area contributed by atoms with Gasteiger partial charge in [-0.05, 0) is 49.2 Å². The number of hydrogen-bond acceptors (Lipinski definition) is 5. The van der Waals surface area contributed by atoms with Crippen LogP contribution in [0.2, 0.25) is 5.02 Å². The SMILES string of the molecule is O=C(CSCc1c(F)cccc1Cl)NCCOc1ccc(S(=O)(=O)N2CCCC2)cc1. The maximum Gasteiger partial charge on any atom is 0.243 e. The summed E-state index contributed by atoms with van der Waals surface area (Å²) in [6.07, 6.45) is 1.78. The minimum absolute atomic E-state index is 0.174. The number of nitrogens with one attached hydrogen (secondary N) is 1. The predicted molar refractivity (Wildman–Crippen MR) is 121 cm³/mol. The van der Waals surface area contributed by atoms with Crippen molar-refractivity contribution < 1.29 is 22.3 Å². The zero-order valence-corrected chi connectivity index (χ0v) is 19.2. The molecular formula is C21H24ClFN2O4S2. The van der Waals surface area contributed by atoms with Crippen LogP contribution in [0.5, 0.6) is 5.75 Å². The first-order chi connectivity index (χ1) is 14.9. The van der Waals surface area contributed by atoms with Gasteiger partial charge in [-0.15, -0.1) is 11.8 Å². The molecule has 1 aliphatic rings. The number of sulfonamides is 1. The molecule has 10 heteroatoms. The molecule has 0 radical (unpaired) electrons. The van der Waals surface area contributed by atoms with E-state index in [1.807, 2.05) is 0 Å². The van der Waals surface area contributed by atoms with Crippen LogP contribution in [0, 0.1) is 5.82 Å². The highest BCUT2D eigenvalue weighted by Gasteiger charge is 2.26. The van der Waals surface area contributed by atoms with Gasteiger partial charge in [0.05, 0.1) is 17.2 Å². The van der Waals surface area contributed by atoms with Gasteiger partial charge in [-0.1, -0.05) is 17.7 Å². The molecule has 3 rings (SSSR count). The predicted octanol–water partition coefficient (Wildman–Crippen LogP) is 3.69. The number of thioether (sulfide) groups is 1. The second-order valence-electron chi connectivity index (χ2n) is 6.97. The van der Waals surface area contributed by atoms with Crippen LogP contribution in [0.25, 0.3) is 0 Å². The Morgan fingerprint density at radius 3 is 2.55 bits per heavy atom. The summed E-state index contributed by atoms with van der Waals surface area (Å²) in [7, 11) is -3.44. The Balaban J connectivity index is 1.36. The molecule has 1 fully saturated rings. The molecule has 2 aromatic rings. The minimum Gasteiger partial charge on any atom is -0.492 e. The topological polar surface area (TPSA) is 75.7 Å². The molecule has 2 aromatic carbocycles. The van der Waals surface area contributed by atoms with E-state index in [1.165, 1.54) is 34.3 Å². The number of benzene rings is 2. The van der Waals surface area contributed by atoms with Gasteiger partial charge < -0.3 is 10.1 Å². The maximum atomic E-state index is 13.7. The van der Waals surface area contributed by atoms with E-state index in [1.54, 1.807) is 24.3 Å². The number of carbonyl (C=O) groups excluding carboxylic acids is 1. The van der Waals surface area contributed by atoms with Crippen molar-refractivity contribution in [1.29, 1.82) is 0 Å². The highest BCUT2D eigenvalue weighted by molar-refractivity contribution is 7.99. The molecule has 0 atom stereocenters. The molecule has 0 spiro atoms. The standard InChI is InChI=1S/C21H24ClFN2O4S2/c22-19-4-3-5-20(23)18(19)14-30-15-21(26)24-10-13-29-16-6-8-17(9-7-16)31(27,28)25-11-1-2-12-25/h3-9H,1-2,10-15H2,(H,24,26). The van der Waals surface area contributed by atoms with Crippen molar-refractivity contribution >= 4 is 39.3 Å². The van der Waals surface area contributed by atoms with Crippen molar-refractivity contribution in [3.63, 3.8) is 0 Å². The number of amides is 1. The maximum absolute atomic E-state index is 13.7. The van der Waals surface area contributed by atoms with E-state index in [0.717, 1.165) is 12.8 Å². The summed E-state index contributed by atoms with van der Waals surface area (Å²) in [4.78, 5) is 12.2. The monoisotopic (exact) mass is 486 g/mol. The summed E-state index contributed by atoms with van der Waals surface area (Å²) in [5.41, 5.74) is 0.389. The lowest BCUT2D eigenvalue weighted by Gasteiger charge is -2.15. The van der Waals surface area contributed by atoms with E-state index in [-0.39, 0.29) is 29.0 Å². The molecule has 0 aliphatic carbocycles. The zero-order chi connectivity index (χ0) is 22.3. The smallest absolute Gasteiger partial charge is 0.243 e. The van der Waals surface area contributed by atoms with Crippen molar-refractivity contribution in [3.8, 4) is 5.75 Å². The molecule has 0 unspecified atom stereocenters. The van der Waals surface area contributed by atoms with Crippen LogP contribution in [0.4, 0.5) is 4.39 Å². The summed E-state index contributed by atoms with van der Waals surface area (Å²) in [6.45, 7) is 1.67. The van der Waals surface area contributed by atoms with Crippen LogP contribution >= 0.6 is 23.4 Å². The van der Waals surface area contributed by atoms with E-state index >= 15 is 0 Å². The molecule has 1 aliphatic heterocycles. The fourth-order valence-corrected chi connectivity index (χ4v) is 5.82. The highest BCUT2D eigenvalue weighted by Crippen LogP contribution is 2.24. The summed E-state index contributed by atoms with van der Waals surface area (Å²) in [5.74, 6) is 0.440. The number of ether oxygens (including phenoxy) is 1. The molecule has 1 saturated heterocycles. The lowest BCUT2D eigenvalue weighted by Crippen LogP contribution is -2.29. The van der Waals surface area contributed by atoms with E-state index in [9.17, 15) is 17.6 Å². The third-order valence-electron chi connectivity index (χ3n) is 4.76. The van der Waals surface area contributed by atoms with Gasteiger partial charge in [0, 0.05) is 29.4 Å². The van der Waals surface area contributed by atoms with Gasteiger partial charge in [-0.3, -0.25) is 4.79 Å². The fourth-order valence-electron chi connectivity index (χ4n) is 3.11. The molecular weight excluding hydrogens is 463 g/mol. The van der Waals surface area contributed by atoms with Gasteiger partial charge in [0.15, 0.2) is 0 Å². The third-order valence-corrected chi connectivity index (χ3v) is 7.99. The number of hydrogen-bond donors (Lipinski definition) is 1. The Morgan fingerprint density at radius 2 is 1.87 bits per heavy atom. The molecule has 0 bridgehead atoms. The lowest BCUT2D eigenvalue weighted by atomic mass is 10.2. The Kier molecular flexibility index (Phi) is 8.59. The second kappa shape index (κ2) is 11.2. The average molecular weight is 487 g/mol. The van der Waals surface area contributed by atoms with Gasteiger partial charge in [-0.2, -0.15) is 4.31 Å². The normalized spacial score (nSPS) is 14.5. The Labute approximate surface area is 191 Å². The first kappa shape index (κ1) is 23.8. The molecule has 0 aromatic heterocycles. The second-order valence-corrected chi connectivity index (χ2v) is 10.3. The summed E-state index contributed by atoms with van der Waals surface area (Å²) < 4.78 is 45.8. The highest BCUT2D eigenvalue weighted by atomic mass is 35.5. The van der Waals surface area contributed by atoms with Crippen molar-refractivity contribution in [2.24, 2.45) is 0 Å². The quantitative estimate of drug-likeness (QED) is 0.518. The number of rotatable bonds is 10. The average Bonchev–Trinajstić information content (AvgIpc) is 3.30. The van der Waals surface area contributed by atoms with Gasteiger partial charge in [0.2, 0.25) is 15.9 Å². The van der Waals surface area contributed by atoms with Crippen molar-refractivity contribution in [3.05, 3.63) is 58.9 Å². The molecule has 1 N–H and O–H groups in total. The molecule has 31 heavy (non-hydrogen) atoms. The Bertz CT molecular complexity index is 977. The molecule has 6 nitrogen and oxygen atoms in total. The number of halogens is 2. The van der Waals surface area contributed by atoms with E-state index in [2.05, 4.69) is 5.32 Å². The van der Waals surface area contributed by atoms with Gasteiger partial charge in [0.25, 0.3) is 0 Å². The van der Waals surface area contributed by atoms with Crippen LogP contribution < -0.4 is 10.1 Å². The van der Waals surface area contributed by atoms with Gasteiger partial charge in [-0.25, -0.2) is 12.8 Å². The van der Waals surface area contributed by atoms with Crippen LogP contribution in [0.3, 0.4) is 0 Å². The largest absolute Gasteiger partial charge is 0.492 e. The van der Waals surface area contributed by atoms with Crippen LogP contribution in [0.15, 0.2) is 47.4 Å². The first-order valence-corrected chi connectivity index (χ1v) is 12.9. The first-order valence-electron chi connectivity index (χ1n) is 9.88. The van der Waals surface area contributed by atoms with Gasteiger partial charge >= 0.3 is 0 Å². The zero-order valence-electron chi connectivity index (χ0n) is 16.9. The van der Waals surface area contributed by atoms with E-state index in [4.69, 9.17) is 16.3 Å². The molecule has 168 valence electrons. The number of carbonyl (C=O) groups is 1. The summed E-state index contributed by atoms with van der Waals surface area (Å²) >= 11 is 7.24. The summed E-state index contributed by atoms with van der Waals surface area (Å²) in [6, 6.07) is 10.8. The van der Waals surface area contributed by atoms with Crippen LogP contribution in [-0.2, 0) is 20.6 Å². The molecule has 0 saturated carbocycles. The van der Waals surface area contributed by atoms with E-state index < -0.39 is 10.0 Å². The fraction of sp³-hybridized carbons (Fsp3) is 0.381. The molecule has 1 amide bonds. The van der Waals surface area contributed by atoms with Crippen LogP contribution in [-0.4, -0.2) is 50.6 Å². The number of nitrogens with zero attached hydrogens (tertiary/aromatic N) is 1. The van der Waals surface area contributed by atoms with Crippen molar-refractivity contribution in [2.45, 2.75) is 23.5 Å². The Morgan fingerprint density at radius 1 is 1.16 bits per heavy atom. The minimum atomic E-state index is -3.44. The van der Waals surface area contributed by atoms with Crippen molar-refractivity contribution in [1.82, 2.24) is 9.62 Å². The van der Waals surface area contributed by atoms with Crippen LogP contribution in [0.1, 0.15) is 18.4 Å². The third kappa shape index (κ3) is 6.58. The Hall–Kier alpha value is -1.81. The van der Waals surface area contributed by atoms with Crippen molar-refractivity contribution in [2.75, 3.05) is 32.0 Å². The van der Waals surface area contributed by atoms with Gasteiger partial charge in [0.1, 0.15) is 18.2 Å².